The van der Waals surface area contributed by atoms with Gasteiger partial charge >= 0.3 is 6.18 Å². The molecule has 1 amide bonds. The summed E-state index contributed by atoms with van der Waals surface area (Å²) in [6, 6.07) is 6.15. The molecule has 2 aromatic heterocycles. The lowest BCUT2D eigenvalue weighted by Gasteiger charge is -2.08. The number of alkyl halides is 3. The van der Waals surface area contributed by atoms with E-state index in [1.54, 1.807) is 10.9 Å². The van der Waals surface area contributed by atoms with Crippen molar-refractivity contribution < 1.29 is 18.0 Å². The van der Waals surface area contributed by atoms with E-state index < -0.39 is 17.6 Å². The number of rotatable bonds is 4. The molecule has 130 valence electrons. The minimum absolute atomic E-state index is 0.0849. The van der Waals surface area contributed by atoms with E-state index in [1.807, 2.05) is 6.92 Å². The molecule has 0 bridgehead atoms. The van der Waals surface area contributed by atoms with Crippen LogP contribution >= 0.6 is 0 Å². The van der Waals surface area contributed by atoms with E-state index in [-0.39, 0.29) is 11.4 Å². The molecule has 1 aromatic carbocycles. The van der Waals surface area contributed by atoms with Gasteiger partial charge in [-0.2, -0.15) is 23.4 Å². The number of carbonyl (C=O) groups is 1. The van der Waals surface area contributed by atoms with Gasteiger partial charge < -0.3 is 5.32 Å². The average Bonchev–Trinajstić information content (AvgIpc) is 3.23. The summed E-state index contributed by atoms with van der Waals surface area (Å²) >= 11 is 0. The first kappa shape index (κ1) is 16.7. The number of carbonyl (C=O) groups excluding carboxylic acids is 1. The smallest absolute Gasteiger partial charge is 0.318 e. The van der Waals surface area contributed by atoms with Gasteiger partial charge in [-0.05, 0) is 31.2 Å². The Bertz CT molecular complexity index is 897. The fourth-order valence-electron chi connectivity index (χ4n) is 2.21. The lowest BCUT2D eigenvalue weighted by molar-refractivity contribution is -0.137. The van der Waals surface area contributed by atoms with Crippen LogP contribution in [0.2, 0.25) is 0 Å². The molecular weight excluding hydrogens is 335 g/mol. The monoisotopic (exact) mass is 349 g/mol. The second-order valence-electron chi connectivity index (χ2n) is 5.23. The number of halogens is 3. The van der Waals surface area contributed by atoms with Gasteiger partial charge in [0.2, 0.25) is 0 Å². The van der Waals surface area contributed by atoms with Gasteiger partial charge in [0, 0.05) is 18.9 Å². The fourth-order valence-corrected chi connectivity index (χ4v) is 2.21. The first-order valence-corrected chi connectivity index (χ1v) is 7.44. The van der Waals surface area contributed by atoms with E-state index >= 15 is 0 Å². The van der Waals surface area contributed by atoms with Crippen LogP contribution in [0.5, 0.6) is 0 Å². The first-order valence-electron chi connectivity index (χ1n) is 7.44. The van der Waals surface area contributed by atoms with Crippen molar-refractivity contribution in [3.8, 4) is 5.69 Å². The predicted octanol–water partition coefficient (Wildman–Crippen LogP) is 3.36. The van der Waals surface area contributed by atoms with Gasteiger partial charge in [0.05, 0.1) is 23.1 Å². The number of benzene rings is 1. The first-order chi connectivity index (χ1) is 11.9. The molecule has 0 atom stereocenters. The second kappa shape index (κ2) is 6.42. The van der Waals surface area contributed by atoms with E-state index in [1.165, 1.54) is 35.3 Å². The highest BCUT2D eigenvalue weighted by Crippen LogP contribution is 2.30. The SMILES string of the molecule is CCn1cc(NC(=O)c2ccn(-c3cccc(C(F)(F)F)c3)n2)cn1. The van der Waals surface area contributed by atoms with Crippen LogP contribution in [0.1, 0.15) is 23.0 Å². The normalized spacial score (nSPS) is 11.5. The van der Waals surface area contributed by atoms with Crippen LogP contribution in [0.3, 0.4) is 0 Å². The van der Waals surface area contributed by atoms with Crippen molar-refractivity contribution in [3.05, 3.63) is 60.2 Å². The fraction of sp³-hybridized carbons (Fsp3) is 0.188. The Morgan fingerprint density at radius 1 is 1.28 bits per heavy atom. The second-order valence-corrected chi connectivity index (χ2v) is 5.23. The van der Waals surface area contributed by atoms with Crippen molar-refractivity contribution in [2.75, 3.05) is 5.32 Å². The van der Waals surface area contributed by atoms with E-state index in [2.05, 4.69) is 15.5 Å². The van der Waals surface area contributed by atoms with E-state index in [9.17, 15) is 18.0 Å². The van der Waals surface area contributed by atoms with Crippen LogP contribution in [0, 0.1) is 0 Å². The molecule has 0 aliphatic carbocycles. The molecule has 25 heavy (non-hydrogen) atoms. The van der Waals surface area contributed by atoms with Crippen molar-refractivity contribution in [2.24, 2.45) is 0 Å². The Morgan fingerprint density at radius 2 is 2.08 bits per heavy atom. The van der Waals surface area contributed by atoms with Gasteiger partial charge in [0.15, 0.2) is 5.69 Å². The third-order valence-electron chi connectivity index (χ3n) is 3.47. The summed E-state index contributed by atoms with van der Waals surface area (Å²) in [4.78, 5) is 12.2. The maximum Gasteiger partial charge on any atom is 0.416 e. The van der Waals surface area contributed by atoms with Crippen LogP contribution in [-0.4, -0.2) is 25.5 Å². The zero-order valence-electron chi connectivity index (χ0n) is 13.2. The van der Waals surface area contributed by atoms with Gasteiger partial charge in [0.1, 0.15) is 0 Å². The van der Waals surface area contributed by atoms with Crippen molar-refractivity contribution in [1.82, 2.24) is 19.6 Å². The molecule has 0 aliphatic heterocycles. The van der Waals surface area contributed by atoms with Crippen molar-refractivity contribution >= 4 is 11.6 Å². The number of nitrogens with one attached hydrogen (secondary N) is 1. The lowest BCUT2D eigenvalue weighted by Crippen LogP contribution is -2.13. The zero-order valence-corrected chi connectivity index (χ0v) is 13.2. The summed E-state index contributed by atoms with van der Waals surface area (Å²) in [5.41, 5.74) is 0.0355. The number of hydrogen-bond donors (Lipinski definition) is 1. The molecule has 3 rings (SSSR count). The highest BCUT2D eigenvalue weighted by atomic mass is 19.4. The standard InChI is InChI=1S/C16H14F3N5O/c1-2-23-10-12(9-20-23)21-15(25)14-6-7-24(22-14)13-5-3-4-11(8-13)16(17,18)19/h3-10H,2H2,1H3,(H,21,25). The molecule has 0 aliphatic rings. The van der Waals surface area contributed by atoms with Gasteiger partial charge in [-0.1, -0.05) is 6.07 Å². The molecule has 0 saturated carbocycles. The molecule has 0 saturated heterocycles. The van der Waals surface area contributed by atoms with Crippen LogP contribution < -0.4 is 5.32 Å². The lowest BCUT2D eigenvalue weighted by atomic mass is 10.2. The van der Waals surface area contributed by atoms with Gasteiger partial charge in [-0.3, -0.25) is 9.48 Å². The van der Waals surface area contributed by atoms with Crippen LogP contribution in [-0.2, 0) is 12.7 Å². The Morgan fingerprint density at radius 3 is 2.76 bits per heavy atom. The molecule has 0 fully saturated rings. The molecule has 0 spiro atoms. The third kappa shape index (κ3) is 3.70. The summed E-state index contributed by atoms with van der Waals surface area (Å²) < 4.78 is 41.2. The molecule has 3 aromatic rings. The quantitative estimate of drug-likeness (QED) is 0.785. The molecule has 0 unspecified atom stereocenters. The van der Waals surface area contributed by atoms with Crippen LogP contribution in [0.15, 0.2) is 48.9 Å². The Labute approximate surface area is 140 Å². The maximum absolute atomic E-state index is 12.8. The molecule has 0 radical (unpaired) electrons. The Kier molecular flexibility index (Phi) is 4.30. The van der Waals surface area contributed by atoms with Crippen LogP contribution in [0.25, 0.3) is 5.69 Å². The summed E-state index contributed by atoms with van der Waals surface area (Å²) in [5.74, 6) is -0.471. The van der Waals surface area contributed by atoms with Crippen molar-refractivity contribution in [3.63, 3.8) is 0 Å². The summed E-state index contributed by atoms with van der Waals surface area (Å²) in [6.45, 7) is 2.58. The number of aryl methyl sites for hydroxylation is 1. The summed E-state index contributed by atoms with van der Waals surface area (Å²) in [6.07, 6.45) is 0.162. The van der Waals surface area contributed by atoms with Gasteiger partial charge in [-0.25, -0.2) is 4.68 Å². The molecule has 9 heteroatoms. The number of hydrogen-bond acceptors (Lipinski definition) is 3. The molecule has 2 heterocycles. The van der Waals surface area contributed by atoms with E-state index in [0.29, 0.717) is 12.2 Å². The van der Waals surface area contributed by atoms with Crippen molar-refractivity contribution in [2.45, 2.75) is 19.6 Å². The summed E-state index contributed by atoms with van der Waals surface area (Å²) in [5, 5.41) is 10.7. The van der Waals surface area contributed by atoms with E-state index in [0.717, 1.165) is 12.1 Å². The minimum Gasteiger partial charge on any atom is -0.318 e. The maximum atomic E-state index is 12.8. The number of aromatic nitrogens is 4. The zero-order chi connectivity index (χ0) is 18.0. The van der Waals surface area contributed by atoms with Gasteiger partial charge in [0.25, 0.3) is 5.91 Å². The minimum atomic E-state index is -4.44. The van der Waals surface area contributed by atoms with Crippen LogP contribution in [0.4, 0.5) is 18.9 Å². The molecular formula is C16H14F3N5O. The number of anilines is 1. The predicted molar refractivity (Wildman–Crippen MR) is 84.4 cm³/mol. The topological polar surface area (TPSA) is 64.7 Å². The molecule has 1 N–H and O–H groups in total. The largest absolute Gasteiger partial charge is 0.416 e. The highest BCUT2D eigenvalue weighted by molar-refractivity contribution is 6.02. The third-order valence-corrected chi connectivity index (χ3v) is 3.47. The summed E-state index contributed by atoms with van der Waals surface area (Å²) in [7, 11) is 0. The van der Waals surface area contributed by atoms with Gasteiger partial charge in [-0.15, -0.1) is 0 Å². The van der Waals surface area contributed by atoms with Crippen molar-refractivity contribution in [1.29, 1.82) is 0 Å². The number of nitrogens with zero attached hydrogens (tertiary/aromatic N) is 4. The average molecular weight is 349 g/mol. The van der Waals surface area contributed by atoms with E-state index in [4.69, 9.17) is 0 Å². The number of amides is 1. The molecule has 6 nitrogen and oxygen atoms in total. The Balaban J connectivity index is 1.79. The Hall–Kier alpha value is -3.10. The highest BCUT2D eigenvalue weighted by Gasteiger charge is 2.30.